The molecule has 0 saturated heterocycles. The summed E-state index contributed by atoms with van der Waals surface area (Å²) in [5, 5.41) is 3.63. The average Bonchev–Trinajstić information content (AvgIpc) is 2.96. The van der Waals surface area contributed by atoms with Gasteiger partial charge in [-0.25, -0.2) is 8.42 Å². The first-order valence-corrected chi connectivity index (χ1v) is 16.7. The maximum Gasteiger partial charge on any atom is 0.244 e. The van der Waals surface area contributed by atoms with Crippen molar-refractivity contribution in [2.75, 3.05) is 17.1 Å². The van der Waals surface area contributed by atoms with Crippen molar-refractivity contribution in [3.8, 4) is 0 Å². The van der Waals surface area contributed by atoms with Crippen LogP contribution in [-0.2, 0) is 32.6 Å². The van der Waals surface area contributed by atoms with E-state index in [9.17, 15) is 18.0 Å². The normalized spacial score (nSPS) is 14.7. The van der Waals surface area contributed by atoms with Gasteiger partial charge in [-0.1, -0.05) is 91.5 Å². The molecule has 3 aromatic rings. The Bertz CT molecular complexity index is 1490. The lowest BCUT2D eigenvalue weighted by Crippen LogP contribution is -2.55. The molecule has 0 bridgehead atoms. The number of aryl methyl sites for hydroxylation is 1. The van der Waals surface area contributed by atoms with E-state index in [1.807, 2.05) is 61.5 Å². The second-order valence-electron chi connectivity index (χ2n) is 11.2. The summed E-state index contributed by atoms with van der Waals surface area (Å²) in [6.45, 7) is 3.38. The smallest absolute Gasteiger partial charge is 0.244 e. The molecular formula is C33H40ClN3O4S. The van der Waals surface area contributed by atoms with Crippen molar-refractivity contribution in [2.45, 2.75) is 71.0 Å². The van der Waals surface area contributed by atoms with Gasteiger partial charge in [0.25, 0.3) is 0 Å². The van der Waals surface area contributed by atoms with Crippen LogP contribution in [0.5, 0.6) is 0 Å². The average molecular weight is 610 g/mol. The van der Waals surface area contributed by atoms with Crippen LogP contribution in [0.25, 0.3) is 0 Å². The lowest BCUT2D eigenvalue weighted by atomic mass is 9.94. The Hall–Kier alpha value is -3.36. The Morgan fingerprint density at radius 1 is 0.929 bits per heavy atom. The summed E-state index contributed by atoms with van der Waals surface area (Å²) in [6, 6.07) is 21.5. The number of benzene rings is 3. The molecule has 0 radical (unpaired) electrons. The lowest BCUT2D eigenvalue weighted by Gasteiger charge is -2.35. The van der Waals surface area contributed by atoms with Crippen molar-refractivity contribution in [1.29, 1.82) is 0 Å². The summed E-state index contributed by atoms with van der Waals surface area (Å²) in [6.07, 6.45) is 6.46. The van der Waals surface area contributed by atoms with Gasteiger partial charge < -0.3 is 10.2 Å². The number of anilines is 1. The Balaban J connectivity index is 1.75. The highest BCUT2D eigenvalue weighted by Crippen LogP contribution is 2.29. The van der Waals surface area contributed by atoms with Crippen molar-refractivity contribution >= 4 is 39.1 Å². The second-order valence-corrected chi connectivity index (χ2v) is 13.5. The zero-order chi connectivity index (χ0) is 30.3. The molecule has 42 heavy (non-hydrogen) atoms. The molecule has 1 fully saturated rings. The first-order valence-electron chi connectivity index (χ1n) is 14.5. The third-order valence-electron chi connectivity index (χ3n) is 8.01. The highest BCUT2D eigenvalue weighted by molar-refractivity contribution is 7.92. The molecule has 9 heteroatoms. The van der Waals surface area contributed by atoms with E-state index in [4.69, 9.17) is 11.6 Å². The van der Waals surface area contributed by atoms with Gasteiger partial charge in [-0.2, -0.15) is 0 Å². The molecule has 1 atom stereocenters. The molecular weight excluding hydrogens is 570 g/mol. The Morgan fingerprint density at radius 2 is 1.60 bits per heavy atom. The molecule has 0 aromatic heterocycles. The summed E-state index contributed by atoms with van der Waals surface area (Å²) >= 11 is 6.34. The predicted molar refractivity (Wildman–Crippen MR) is 169 cm³/mol. The minimum atomic E-state index is -3.87. The zero-order valence-corrected chi connectivity index (χ0v) is 26.1. The van der Waals surface area contributed by atoms with Gasteiger partial charge in [-0.3, -0.25) is 13.9 Å². The Kier molecular flexibility index (Phi) is 10.7. The third kappa shape index (κ3) is 8.13. The first-order chi connectivity index (χ1) is 20.0. The summed E-state index contributed by atoms with van der Waals surface area (Å²) in [7, 11) is -3.87. The van der Waals surface area contributed by atoms with Gasteiger partial charge in [0.15, 0.2) is 0 Å². The van der Waals surface area contributed by atoms with Crippen molar-refractivity contribution < 1.29 is 18.0 Å². The molecule has 3 aromatic carbocycles. The standard InChI is InChI=1S/C33H40ClN3O4S/c1-24-13-10-11-16-27(24)22-36(32(38)23-37(42(3,40)41)30-20-12-19-29(34)25(30)2)31(21-26-14-6-4-7-15-26)33(39)35-28-17-8-5-9-18-28/h4,6-7,10-16,19-20,28,31H,5,8-9,17-18,21-23H2,1-3H3,(H,35,39). The largest absolute Gasteiger partial charge is 0.352 e. The summed E-state index contributed by atoms with van der Waals surface area (Å²) in [5.41, 5.74) is 3.67. The van der Waals surface area contributed by atoms with Gasteiger partial charge in [0, 0.05) is 24.0 Å². The fourth-order valence-electron chi connectivity index (χ4n) is 5.53. The highest BCUT2D eigenvalue weighted by atomic mass is 35.5. The second kappa shape index (κ2) is 14.2. The number of nitrogens with zero attached hydrogens (tertiary/aromatic N) is 2. The SMILES string of the molecule is Cc1ccccc1CN(C(=O)CN(c1cccc(Cl)c1C)S(C)(=O)=O)C(Cc1ccccc1)C(=O)NC1CCCCC1. The molecule has 1 aliphatic rings. The van der Waals surface area contributed by atoms with Crippen LogP contribution in [0.4, 0.5) is 5.69 Å². The van der Waals surface area contributed by atoms with E-state index >= 15 is 0 Å². The Morgan fingerprint density at radius 3 is 2.26 bits per heavy atom. The molecule has 0 aliphatic heterocycles. The van der Waals surface area contributed by atoms with Crippen LogP contribution in [0.1, 0.15) is 54.4 Å². The maximum absolute atomic E-state index is 14.3. The molecule has 0 heterocycles. The number of rotatable bonds is 11. The fourth-order valence-corrected chi connectivity index (χ4v) is 6.60. The number of sulfonamides is 1. The monoisotopic (exact) mass is 609 g/mol. The molecule has 4 rings (SSSR count). The van der Waals surface area contributed by atoms with Crippen LogP contribution in [-0.4, -0.2) is 50.0 Å². The highest BCUT2D eigenvalue weighted by Gasteiger charge is 2.34. The molecule has 0 spiro atoms. The van der Waals surface area contributed by atoms with E-state index in [2.05, 4.69) is 5.32 Å². The quantitative estimate of drug-likeness (QED) is 0.297. The first kappa shape index (κ1) is 31.6. The van der Waals surface area contributed by atoms with E-state index in [0.717, 1.165) is 59.4 Å². The number of halogens is 1. The van der Waals surface area contributed by atoms with Crippen molar-refractivity contribution in [3.63, 3.8) is 0 Å². The van der Waals surface area contributed by atoms with Crippen LogP contribution in [0.2, 0.25) is 5.02 Å². The molecule has 7 nitrogen and oxygen atoms in total. The van der Waals surface area contributed by atoms with E-state index in [1.54, 1.807) is 30.0 Å². The van der Waals surface area contributed by atoms with Crippen molar-refractivity contribution in [3.05, 3.63) is 100 Å². The molecule has 224 valence electrons. The molecule has 1 N–H and O–H groups in total. The minimum Gasteiger partial charge on any atom is -0.352 e. The number of amides is 2. The summed E-state index contributed by atoms with van der Waals surface area (Å²) in [4.78, 5) is 29.9. The van der Waals surface area contributed by atoms with Crippen LogP contribution < -0.4 is 9.62 Å². The Labute approximate surface area is 254 Å². The van der Waals surface area contributed by atoms with Gasteiger partial charge in [0.2, 0.25) is 21.8 Å². The summed E-state index contributed by atoms with van der Waals surface area (Å²) in [5.74, 6) is -0.694. The van der Waals surface area contributed by atoms with Crippen LogP contribution in [0.3, 0.4) is 0 Å². The van der Waals surface area contributed by atoms with E-state index in [0.29, 0.717) is 22.7 Å². The third-order valence-corrected chi connectivity index (χ3v) is 9.55. The number of carbonyl (C=O) groups is 2. The van der Waals surface area contributed by atoms with Crippen LogP contribution >= 0.6 is 11.6 Å². The topological polar surface area (TPSA) is 86.8 Å². The molecule has 1 aliphatic carbocycles. The van der Waals surface area contributed by atoms with Gasteiger partial charge >= 0.3 is 0 Å². The van der Waals surface area contributed by atoms with Crippen molar-refractivity contribution in [1.82, 2.24) is 10.2 Å². The molecule has 2 amide bonds. The van der Waals surface area contributed by atoms with Gasteiger partial charge in [-0.05, 0) is 61.1 Å². The molecule has 1 saturated carbocycles. The minimum absolute atomic E-state index is 0.0570. The molecule has 1 unspecified atom stereocenters. The van der Waals surface area contributed by atoms with Crippen molar-refractivity contribution in [2.24, 2.45) is 0 Å². The summed E-state index contributed by atoms with van der Waals surface area (Å²) < 4.78 is 27.2. The predicted octanol–water partition coefficient (Wildman–Crippen LogP) is 5.81. The van der Waals surface area contributed by atoms with E-state index in [-0.39, 0.29) is 18.5 Å². The fraction of sp³-hybridized carbons (Fsp3) is 0.394. The number of hydrogen-bond donors (Lipinski definition) is 1. The van der Waals surface area contributed by atoms with Gasteiger partial charge in [0.05, 0.1) is 11.9 Å². The van der Waals surface area contributed by atoms with Crippen LogP contribution in [0.15, 0.2) is 72.8 Å². The van der Waals surface area contributed by atoms with E-state index < -0.39 is 28.5 Å². The zero-order valence-electron chi connectivity index (χ0n) is 24.6. The van der Waals surface area contributed by atoms with Gasteiger partial charge in [-0.15, -0.1) is 0 Å². The van der Waals surface area contributed by atoms with Gasteiger partial charge in [0.1, 0.15) is 12.6 Å². The van der Waals surface area contributed by atoms with Crippen LogP contribution in [0, 0.1) is 13.8 Å². The number of nitrogens with one attached hydrogen (secondary N) is 1. The van der Waals surface area contributed by atoms with E-state index in [1.165, 1.54) is 0 Å². The number of carbonyl (C=O) groups excluding carboxylic acids is 2. The maximum atomic E-state index is 14.3. The lowest BCUT2D eigenvalue weighted by molar-refractivity contribution is -0.140. The number of hydrogen-bond acceptors (Lipinski definition) is 4.